The molecule has 1 aliphatic heterocycles. The summed E-state index contributed by atoms with van der Waals surface area (Å²) in [6, 6.07) is 9.59. The molecule has 0 bridgehead atoms. The summed E-state index contributed by atoms with van der Waals surface area (Å²) >= 11 is 0. The molecule has 0 N–H and O–H groups in total. The average molecular weight is 247 g/mol. The highest BCUT2D eigenvalue weighted by Crippen LogP contribution is 2.24. The van der Waals surface area contributed by atoms with Crippen molar-refractivity contribution in [1.29, 1.82) is 0 Å². The van der Waals surface area contributed by atoms with Crippen molar-refractivity contribution in [3.63, 3.8) is 0 Å². The second-order valence-corrected chi connectivity index (χ2v) is 4.32. The molecule has 18 heavy (non-hydrogen) atoms. The summed E-state index contributed by atoms with van der Waals surface area (Å²) in [4.78, 5) is 25.2. The number of nitrogens with zero attached hydrogens (tertiary/aromatic N) is 1. The monoisotopic (exact) mass is 247 g/mol. The lowest BCUT2D eigenvalue weighted by Crippen LogP contribution is -2.43. The molecule has 0 aliphatic carbocycles. The summed E-state index contributed by atoms with van der Waals surface area (Å²) in [5.74, 6) is -0.0221. The van der Waals surface area contributed by atoms with Gasteiger partial charge in [-0.2, -0.15) is 0 Å². The number of hydrogen-bond acceptors (Lipinski definition) is 3. The predicted molar refractivity (Wildman–Crippen MR) is 67.4 cm³/mol. The van der Waals surface area contributed by atoms with Crippen molar-refractivity contribution in [3.8, 4) is 0 Å². The SMILES string of the molecule is CCOC(=O)N1CCC(=O)C(c2ccccc2)C1. The maximum absolute atomic E-state index is 11.9. The average Bonchev–Trinajstić information content (AvgIpc) is 2.40. The Balaban J connectivity index is 2.10. The molecule has 1 aromatic carbocycles. The van der Waals surface area contributed by atoms with E-state index in [0.29, 0.717) is 26.1 Å². The molecule has 4 nitrogen and oxygen atoms in total. The zero-order valence-corrected chi connectivity index (χ0v) is 10.5. The molecular weight excluding hydrogens is 230 g/mol. The number of likely N-dealkylation sites (tertiary alicyclic amines) is 1. The summed E-state index contributed by atoms with van der Waals surface area (Å²) in [7, 11) is 0. The van der Waals surface area contributed by atoms with Crippen LogP contribution in [-0.4, -0.2) is 36.5 Å². The molecule has 2 rings (SSSR count). The van der Waals surface area contributed by atoms with Gasteiger partial charge in [0, 0.05) is 19.5 Å². The number of Topliss-reactive ketones (excluding diaryl/α,β-unsaturated/α-hetero) is 1. The van der Waals surface area contributed by atoms with Crippen molar-refractivity contribution in [1.82, 2.24) is 4.90 Å². The van der Waals surface area contributed by atoms with Crippen molar-refractivity contribution in [2.75, 3.05) is 19.7 Å². The largest absolute Gasteiger partial charge is 0.450 e. The fourth-order valence-electron chi connectivity index (χ4n) is 2.19. The molecule has 1 unspecified atom stereocenters. The first kappa shape index (κ1) is 12.6. The summed E-state index contributed by atoms with van der Waals surface area (Å²) < 4.78 is 4.98. The van der Waals surface area contributed by atoms with Gasteiger partial charge in [0.05, 0.1) is 12.5 Å². The number of ketones is 1. The lowest BCUT2D eigenvalue weighted by molar-refractivity contribution is -0.122. The van der Waals surface area contributed by atoms with Gasteiger partial charge in [0.15, 0.2) is 0 Å². The first-order valence-electron chi connectivity index (χ1n) is 6.21. The normalized spacial score (nSPS) is 19.7. The van der Waals surface area contributed by atoms with Crippen LogP contribution in [0.15, 0.2) is 30.3 Å². The zero-order chi connectivity index (χ0) is 13.0. The number of hydrogen-bond donors (Lipinski definition) is 0. The van der Waals surface area contributed by atoms with E-state index in [1.54, 1.807) is 11.8 Å². The van der Waals surface area contributed by atoms with E-state index in [1.807, 2.05) is 30.3 Å². The van der Waals surface area contributed by atoms with E-state index in [0.717, 1.165) is 5.56 Å². The van der Waals surface area contributed by atoms with Gasteiger partial charge in [-0.1, -0.05) is 30.3 Å². The fraction of sp³-hybridized carbons (Fsp3) is 0.429. The maximum Gasteiger partial charge on any atom is 0.409 e. The van der Waals surface area contributed by atoms with Crippen LogP contribution in [-0.2, 0) is 9.53 Å². The minimum atomic E-state index is -0.328. The Hall–Kier alpha value is -1.84. The first-order valence-corrected chi connectivity index (χ1v) is 6.21. The Morgan fingerprint density at radius 2 is 2.11 bits per heavy atom. The maximum atomic E-state index is 11.9. The molecule has 1 amide bonds. The fourth-order valence-corrected chi connectivity index (χ4v) is 2.19. The molecular formula is C14H17NO3. The van der Waals surface area contributed by atoms with E-state index in [9.17, 15) is 9.59 Å². The molecule has 0 spiro atoms. The third-order valence-corrected chi connectivity index (χ3v) is 3.15. The van der Waals surface area contributed by atoms with Crippen LogP contribution in [0.3, 0.4) is 0 Å². The lowest BCUT2D eigenvalue weighted by atomic mass is 9.89. The van der Waals surface area contributed by atoms with Gasteiger partial charge in [-0.15, -0.1) is 0 Å². The summed E-state index contributed by atoms with van der Waals surface area (Å²) in [6.07, 6.45) is 0.0733. The van der Waals surface area contributed by atoms with Gasteiger partial charge < -0.3 is 9.64 Å². The number of carbonyl (C=O) groups excluding carboxylic acids is 2. The van der Waals surface area contributed by atoms with Crippen LogP contribution in [0.2, 0.25) is 0 Å². The number of ether oxygens (including phenoxy) is 1. The summed E-state index contributed by atoms with van der Waals surface area (Å²) in [5.41, 5.74) is 0.969. The van der Waals surface area contributed by atoms with Gasteiger partial charge in [-0.25, -0.2) is 4.79 Å². The molecule has 1 atom stereocenters. The minimum absolute atomic E-state index is 0.196. The van der Waals surface area contributed by atoms with Crippen molar-refractivity contribution in [3.05, 3.63) is 35.9 Å². The van der Waals surface area contributed by atoms with E-state index < -0.39 is 0 Å². The van der Waals surface area contributed by atoms with Crippen molar-refractivity contribution in [2.24, 2.45) is 0 Å². The molecule has 0 radical (unpaired) electrons. The van der Waals surface area contributed by atoms with Crippen molar-refractivity contribution < 1.29 is 14.3 Å². The van der Waals surface area contributed by atoms with Gasteiger partial charge in [0.25, 0.3) is 0 Å². The van der Waals surface area contributed by atoms with Gasteiger partial charge in [0.2, 0.25) is 0 Å². The van der Waals surface area contributed by atoms with Gasteiger partial charge >= 0.3 is 6.09 Å². The smallest absolute Gasteiger partial charge is 0.409 e. The van der Waals surface area contributed by atoms with Crippen LogP contribution in [0.5, 0.6) is 0 Å². The van der Waals surface area contributed by atoms with Crippen LogP contribution in [0, 0.1) is 0 Å². The summed E-state index contributed by atoms with van der Waals surface area (Å²) in [6.45, 7) is 3.02. The molecule has 1 aromatic rings. The van der Waals surface area contributed by atoms with Gasteiger partial charge in [-0.3, -0.25) is 4.79 Å². The molecule has 4 heteroatoms. The quantitative estimate of drug-likeness (QED) is 0.805. The highest BCUT2D eigenvalue weighted by Gasteiger charge is 2.31. The Labute approximate surface area is 107 Å². The van der Waals surface area contributed by atoms with Crippen LogP contribution in [0.25, 0.3) is 0 Å². The van der Waals surface area contributed by atoms with Crippen molar-refractivity contribution >= 4 is 11.9 Å². The molecule has 0 saturated carbocycles. The summed E-state index contributed by atoms with van der Waals surface area (Å²) in [5, 5.41) is 0. The van der Waals surface area contributed by atoms with E-state index in [2.05, 4.69) is 0 Å². The van der Waals surface area contributed by atoms with E-state index in [1.165, 1.54) is 0 Å². The molecule has 1 saturated heterocycles. The van der Waals surface area contributed by atoms with Crippen LogP contribution < -0.4 is 0 Å². The Bertz CT molecular complexity index is 430. The number of amides is 1. The molecule has 0 aromatic heterocycles. The zero-order valence-electron chi connectivity index (χ0n) is 10.5. The second-order valence-electron chi connectivity index (χ2n) is 4.32. The third-order valence-electron chi connectivity index (χ3n) is 3.15. The highest BCUT2D eigenvalue weighted by atomic mass is 16.6. The molecule has 1 heterocycles. The number of benzene rings is 1. The highest BCUT2D eigenvalue weighted by molar-refractivity contribution is 5.88. The third kappa shape index (κ3) is 2.70. The van der Waals surface area contributed by atoms with E-state index in [4.69, 9.17) is 4.74 Å². The van der Waals surface area contributed by atoms with E-state index >= 15 is 0 Å². The molecule has 1 aliphatic rings. The van der Waals surface area contributed by atoms with Crippen LogP contribution in [0.4, 0.5) is 4.79 Å². The second kappa shape index (κ2) is 5.67. The number of piperidine rings is 1. The molecule has 96 valence electrons. The van der Waals surface area contributed by atoms with E-state index in [-0.39, 0.29) is 17.8 Å². The Morgan fingerprint density at radius 1 is 1.39 bits per heavy atom. The van der Waals surface area contributed by atoms with Crippen LogP contribution in [0.1, 0.15) is 24.8 Å². The van der Waals surface area contributed by atoms with Crippen LogP contribution >= 0.6 is 0 Å². The topological polar surface area (TPSA) is 46.6 Å². The number of rotatable bonds is 2. The lowest BCUT2D eigenvalue weighted by Gasteiger charge is -2.31. The Kier molecular flexibility index (Phi) is 3.97. The van der Waals surface area contributed by atoms with Gasteiger partial charge in [0.1, 0.15) is 5.78 Å². The van der Waals surface area contributed by atoms with Gasteiger partial charge in [-0.05, 0) is 12.5 Å². The predicted octanol–water partition coefficient (Wildman–Crippen LogP) is 2.20. The first-order chi connectivity index (χ1) is 8.72. The molecule has 1 fully saturated rings. The minimum Gasteiger partial charge on any atom is -0.450 e. The van der Waals surface area contributed by atoms with Crippen molar-refractivity contribution in [2.45, 2.75) is 19.3 Å². The standard InChI is InChI=1S/C14H17NO3/c1-2-18-14(17)15-9-8-13(16)12(10-15)11-6-4-3-5-7-11/h3-7,12H,2,8-10H2,1H3. The Morgan fingerprint density at radius 3 is 2.78 bits per heavy atom. The number of carbonyl (C=O) groups is 2.